The lowest BCUT2D eigenvalue weighted by molar-refractivity contribution is -0.147. The highest BCUT2D eigenvalue weighted by Crippen LogP contribution is 2.36. The first-order valence-electron chi connectivity index (χ1n) is 8.27. The molecule has 2 aromatic rings. The van der Waals surface area contributed by atoms with Gasteiger partial charge in [0, 0.05) is 41.0 Å². The summed E-state index contributed by atoms with van der Waals surface area (Å²) in [5, 5.41) is 24.1. The molecule has 9 nitrogen and oxygen atoms in total. The maximum Gasteiger partial charge on any atom is 0.334 e. The fraction of sp³-hybridized carbons (Fsp3) is 0.278. The zero-order valence-electron chi connectivity index (χ0n) is 15.0. The van der Waals surface area contributed by atoms with Gasteiger partial charge in [-0.1, -0.05) is 0 Å². The summed E-state index contributed by atoms with van der Waals surface area (Å²) in [6.45, 7) is 1.80. The second-order valence-corrected chi connectivity index (χ2v) is 6.18. The number of hydrogen-bond acceptors (Lipinski definition) is 7. The molecule has 1 aromatic carbocycles. The second-order valence-electron chi connectivity index (χ2n) is 6.18. The van der Waals surface area contributed by atoms with Gasteiger partial charge in [0.05, 0.1) is 19.9 Å². The van der Waals surface area contributed by atoms with Crippen molar-refractivity contribution in [3.05, 3.63) is 47.9 Å². The predicted octanol–water partition coefficient (Wildman–Crippen LogP) is 1.35. The van der Waals surface area contributed by atoms with Crippen LogP contribution in [-0.4, -0.2) is 50.5 Å². The number of nitrogens with zero attached hydrogens (tertiary/aromatic N) is 4. The highest BCUT2D eigenvalue weighted by atomic mass is 16.7. The molecule has 0 bridgehead atoms. The van der Waals surface area contributed by atoms with E-state index in [0.717, 1.165) is 16.7 Å². The Labute approximate surface area is 155 Å². The average molecular weight is 371 g/mol. The van der Waals surface area contributed by atoms with Crippen LogP contribution in [0, 0.1) is 6.92 Å². The first-order chi connectivity index (χ1) is 12.9. The lowest BCUT2D eigenvalue weighted by Crippen LogP contribution is -2.25. The van der Waals surface area contributed by atoms with Gasteiger partial charge in [0.25, 0.3) is 0 Å². The zero-order valence-corrected chi connectivity index (χ0v) is 15.0. The molecule has 1 aliphatic heterocycles. The van der Waals surface area contributed by atoms with Gasteiger partial charge < -0.3 is 15.9 Å². The number of aliphatic carboxylic acids is 1. The highest BCUT2D eigenvalue weighted by Gasteiger charge is 2.23. The van der Waals surface area contributed by atoms with E-state index >= 15 is 0 Å². The monoisotopic (exact) mass is 371 g/mol. The van der Waals surface area contributed by atoms with Crippen LogP contribution in [0.2, 0.25) is 0 Å². The van der Waals surface area contributed by atoms with Crippen molar-refractivity contribution in [2.45, 2.75) is 25.7 Å². The highest BCUT2D eigenvalue weighted by molar-refractivity contribution is 5.80. The summed E-state index contributed by atoms with van der Waals surface area (Å²) in [5.74, 6) is -1.30. The Balaban J connectivity index is 1.97. The van der Waals surface area contributed by atoms with Crippen molar-refractivity contribution in [3.8, 4) is 11.1 Å². The van der Waals surface area contributed by atoms with E-state index in [2.05, 4.69) is 10.1 Å². The molecule has 2 heterocycles. The molecular formula is C18H21N5O4. The van der Waals surface area contributed by atoms with Crippen LogP contribution in [0.5, 0.6) is 0 Å². The van der Waals surface area contributed by atoms with E-state index in [1.807, 2.05) is 19.1 Å². The Morgan fingerprint density at radius 1 is 1.44 bits per heavy atom. The number of aromatic nitrogens is 2. The van der Waals surface area contributed by atoms with Crippen LogP contribution in [0.1, 0.15) is 17.3 Å². The summed E-state index contributed by atoms with van der Waals surface area (Å²) in [4.78, 5) is 20.6. The fourth-order valence-electron chi connectivity index (χ4n) is 2.92. The summed E-state index contributed by atoms with van der Waals surface area (Å²) in [6.07, 6.45) is 6.52. The molecular weight excluding hydrogens is 350 g/mol. The van der Waals surface area contributed by atoms with Gasteiger partial charge in [-0.3, -0.25) is 14.5 Å². The molecule has 0 radical (unpaired) electrons. The SMILES string of the molecule is CON1C=CC=NC1c1cc(C)cc(-c2cnn(C[C@H](O)C(=O)O)c2)c1N. The normalized spacial score (nSPS) is 17.3. The number of aliphatic hydroxyl groups excluding tert-OH is 1. The minimum absolute atomic E-state index is 0.150. The standard InChI is InChI=1S/C18H21N5O4/c1-11-6-13(12-8-21-22(9-12)10-15(24)18(25)26)16(19)14(7-11)17-20-4-3-5-23(17)27-2/h3-9,15,17,24H,10,19H2,1-2H3,(H,25,26)/t15-,17?/m0/s1. The van der Waals surface area contributed by atoms with E-state index in [-0.39, 0.29) is 6.54 Å². The number of aliphatic hydroxyl groups is 1. The summed E-state index contributed by atoms with van der Waals surface area (Å²) in [6, 6.07) is 3.87. The summed E-state index contributed by atoms with van der Waals surface area (Å²) in [5.41, 5.74) is 10.2. The van der Waals surface area contributed by atoms with Gasteiger partial charge in [0.1, 0.15) is 0 Å². The maximum atomic E-state index is 10.8. The molecule has 142 valence electrons. The smallest absolute Gasteiger partial charge is 0.334 e. The van der Waals surface area contributed by atoms with Crippen LogP contribution >= 0.6 is 0 Å². The summed E-state index contributed by atoms with van der Waals surface area (Å²) in [7, 11) is 1.56. The van der Waals surface area contributed by atoms with Crippen molar-refractivity contribution in [3.63, 3.8) is 0 Å². The molecule has 3 rings (SSSR count). The lowest BCUT2D eigenvalue weighted by atomic mass is 9.98. The van der Waals surface area contributed by atoms with E-state index in [9.17, 15) is 9.90 Å². The topological polar surface area (TPSA) is 126 Å². The number of nitrogen functional groups attached to an aromatic ring is 1. The third-order valence-electron chi connectivity index (χ3n) is 4.22. The molecule has 0 fully saturated rings. The van der Waals surface area contributed by atoms with Gasteiger partial charge in [-0.25, -0.2) is 9.86 Å². The number of carboxylic acid groups (broad SMARTS) is 1. The van der Waals surface area contributed by atoms with Crippen molar-refractivity contribution >= 4 is 17.9 Å². The van der Waals surface area contributed by atoms with E-state index < -0.39 is 18.2 Å². The number of aliphatic imine (C=N–C) groups is 1. The van der Waals surface area contributed by atoms with E-state index in [1.165, 1.54) is 4.68 Å². The molecule has 0 amide bonds. The molecule has 0 saturated heterocycles. The fourth-order valence-corrected chi connectivity index (χ4v) is 2.92. The molecule has 1 aromatic heterocycles. The minimum Gasteiger partial charge on any atom is -0.479 e. The first-order valence-corrected chi connectivity index (χ1v) is 8.27. The number of nitrogens with two attached hydrogens (primary N) is 1. The Morgan fingerprint density at radius 2 is 2.22 bits per heavy atom. The molecule has 0 saturated carbocycles. The van der Waals surface area contributed by atoms with Crippen molar-refractivity contribution in [2.75, 3.05) is 12.8 Å². The molecule has 1 unspecified atom stereocenters. The lowest BCUT2D eigenvalue weighted by Gasteiger charge is -2.28. The first kappa shape index (κ1) is 18.6. The van der Waals surface area contributed by atoms with E-state index in [0.29, 0.717) is 11.3 Å². The van der Waals surface area contributed by atoms with Gasteiger partial charge in [-0.15, -0.1) is 0 Å². The van der Waals surface area contributed by atoms with Crippen LogP contribution in [0.3, 0.4) is 0 Å². The van der Waals surface area contributed by atoms with Gasteiger partial charge in [-0.05, 0) is 30.7 Å². The average Bonchev–Trinajstić information content (AvgIpc) is 3.11. The largest absolute Gasteiger partial charge is 0.479 e. The number of carboxylic acids is 1. The Kier molecular flexibility index (Phi) is 5.24. The Bertz CT molecular complexity index is 905. The number of aryl methyl sites for hydroxylation is 1. The Morgan fingerprint density at radius 3 is 2.93 bits per heavy atom. The van der Waals surface area contributed by atoms with Crippen molar-refractivity contribution < 1.29 is 19.8 Å². The number of hydrogen-bond donors (Lipinski definition) is 3. The molecule has 1 aliphatic rings. The van der Waals surface area contributed by atoms with Gasteiger partial charge in [-0.2, -0.15) is 5.10 Å². The van der Waals surface area contributed by atoms with Crippen LogP contribution in [0.25, 0.3) is 11.1 Å². The van der Waals surface area contributed by atoms with Crippen LogP contribution in [0.15, 0.2) is 41.8 Å². The summed E-state index contributed by atoms with van der Waals surface area (Å²) >= 11 is 0. The van der Waals surface area contributed by atoms with Crippen molar-refractivity contribution in [1.82, 2.24) is 14.8 Å². The number of hydroxylamine groups is 2. The van der Waals surface area contributed by atoms with Crippen LogP contribution < -0.4 is 5.73 Å². The zero-order chi connectivity index (χ0) is 19.6. The number of allylic oxidation sites excluding steroid dienone is 1. The van der Waals surface area contributed by atoms with Crippen molar-refractivity contribution in [1.29, 1.82) is 0 Å². The number of carbonyl (C=O) groups is 1. The van der Waals surface area contributed by atoms with Crippen LogP contribution in [0.4, 0.5) is 5.69 Å². The minimum atomic E-state index is -1.53. The molecule has 0 spiro atoms. The molecule has 2 atom stereocenters. The number of benzene rings is 1. The summed E-state index contributed by atoms with van der Waals surface area (Å²) < 4.78 is 1.37. The quantitative estimate of drug-likeness (QED) is 0.654. The predicted molar refractivity (Wildman–Crippen MR) is 99.7 cm³/mol. The number of rotatable bonds is 6. The third kappa shape index (κ3) is 3.83. The molecule has 0 aliphatic carbocycles. The third-order valence-corrected chi connectivity index (χ3v) is 4.22. The molecule has 27 heavy (non-hydrogen) atoms. The molecule has 9 heteroatoms. The van der Waals surface area contributed by atoms with Crippen LogP contribution in [-0.2, 0) is 16.2 Å². The van der Waals surface area contributed by atoms with Gasteiger partial charge in [0.2, 0.25) is 0 Å². The molecule has 4 N–H and O–H groups in total. The van der Waals surface area contributed by atoms with Crippen molar-refractivity contribution in [2.24, 2.45) is 4.99 Å². The van der Waals surface area contributed by atoms with E-state index in [1.54, 1.807) is 43.1 Å². The maximum absolute atomic E-state index is 10.8. The van der Waals surface area contributed by atoms with Gasteiger partial charge in [0.15, 0.2) is 12.3 Å². The Hall–Kier alpha value is -3.17. The van der Waals surface area contributed by atoms with E-state index in [4.69, 9.17) is 15.7 Å². The number of anilines is 1. The second kappa shape index (κ2) is 7.60. The van der Waals surface area contributed by atoms with Gasteiger partial charge >= 0.3 is 5.97 Å².